The molecule has 2 aromatic rings. The van der Waals surface area contributed by atoms with E-state index in [4.69, 9.17) is 5.73 Å². The van der Waals surface area contributed by atoms with Crippen molar-refractivity contribution in [3.63, 3.8) is 0 Å². The van der Waals surface area contributed by atoms with Crippen LogP contribution in [0.5, 0.6) is 0 Å². The number of hydrogen-bond donors (Lipinski definition) is 4. The van der Waals surface area contributed by atoms with E-state index in [9.17, 15) is 23.8 Å². The summed E-state index contributed by atoms with van der Waals surface area (Å²) in [7, 11) is 0. The first-order chi connectivity index (χ1) is 16.7. The average molecular weight is 507 g/mol. The molecule has 2 aliphatic carbocycles. The average Bonchev–Trinajstić information content (AvgIpc) is 3.58. The number of carbonyl (C=O) groups is 1. The fourth-order valence-corrected chi connectivity index (χ4v) is 5.48. The van der Waals surface area contributed by atoms with E-state index in [2.05, 4.69) is 22.2 Å². The van der Waals surface area contributed by atoms with E-state index in [1.807, 2.05) is 0 Å². The number of aliphatic hydroxyl groups is 2. The van der Waals surface area contributed by atoms with Gasteiger partial charge in [-0.2, -0.15) is 0 Å². The molecule has 0 bridgehead atoms. The Morgan fingerprint density at radius 2 is 2.00 bits per heavy atom. The summed E-state index contributed by atoms with van der Waals surface area (Å²) in [6.45, 7) is 3.85. The standard InChI is InChI=1S/C25H32F2N4O3S/c1-3-9-35-25-30-18(6-4-5-14-12(2)21(32)23(34)22(14)33)20(28)24(31-25)29-19-11-15(19)13-7-8-16(26)17(27)10-13/h7-8,10,12,14-15,19,21,23,32,34H,3-6,9,11,28H2,1-2H3,(H,29,30,31). The van der Waals surface area contributed by atoms with Crippen molar-refractivity contribution in [3.05, 3.63) is 41.1 Å². The second-order valence-electron chi connectivity index (χ2n) is 9.53. The van der Waals surface area contributed by atoms with Crippen LogP contribution in [0.25, 0.3) is 0 Å². The predicted molar refractivity (Wildman–Crippen MR) is 131 cm³/mol. The van der Waals surface area contributed by atoms with Gasteiger partial charge >= 0.3 is 0 Å². The van der Waals surface area contributed by atoms with Gasteiger partial charge in [0.1, 0.15) is 6.10 Å². The second-order valence-corrected chi connectivity index (χ2v) is 10.6. The maximum absolute atomic E-state index is 13.6. The smallest absolute Gasteiger partial charge is 0.189 e. The van der Waals surface area contributed by atoms with Crippen molar-refractivity contribution < 1.29 is 23.8 Å². The summed E-state index contributed by atoms with van der Waals surface area (Å²) in [5, 5.41) is 23.8. The Morgan fingerprint density at radius 3 is 2.66 bits per heavy atom. The summed E-state index contributed by atoms with van der Waals surface area (Å²) in [5.41, 5.74) is 8.28. The van der Waals surface area contributed by atoms with E-state index < -0.39 is 29.8 Å². The molecule has 6 atom stereocenters. The maximum atomic E-state index is 13.6. The van der Waals surface area contributed by atoms with Crippen LogP contribution in [-0.4, -0.2) is 50.0 Å². The number of carbonyl (C=O) groups excluding carboxylic acids is 1. The number of nitrogens with zero attached hydrogens (tertiary/aromatic N) is 2. The molecule has 0 saturated heterocycles. The molecule has 7 nitrogen and oxygen atoms in total. The molecule has 2 saturated carbocycles. The zero-order valence-corrected chi connectivity index (χ0v) is 20.7. The molecule has 5 N–H and O–H groups in total. The molecule has 10 heteroatoms. The summed E-state index contributed by atoms with van der Waals surface area (Å²) in [6.07, 6.45) is 1.07. The number of benzene rings is 1. The van der Waals surface area contributed by atoms with Crippen LogP contribution in [0.3, 0.4) is 0 Å². The molecule has 0 amide bonds. The van der Waals surface area contributed by atoms with E-state index in [1.165, 1.54) is 17.8 Å². The number of thioether (sulfide) groups is 1. The highest BCUT2D eigenvalue weighted by Gasteiger charge is 2.45. The summed E-state index contributed by atoms with van der Waals surface area (Å²) in [5.74, 6) is -1.28. The molecule has 4 rings (SSSR count). The van der Waals surface area contributed by atoms with Gasteiger partial charge in [0.05, 0.1) is 17.5 Å². The van der Waals surface area contributed by atoms with Crippen molar-refractivity contribution >= 4 is 29.1 Å². The van der Waals surface area contributed by atoms with Crippen molar-refractivity contribution in [3.8, 4) is 0 Å². The third kappa shape index (κ3) is 5.59. The monoisotopic (exact) mass is 506 g/mol. The number of halogens is 2. The van der Waals surface area contributed by atoms with E-state index in [0.717, 1.165) is 30.2 Å². The number of ketones is 1. The highest BCUT2D eigenvalue weighted by atomic mass is 32.2. The minimum atomic E-state index is -1.31. The Labute approximate surface area is 207 Å². The third-order valence-electron chi connectivity index (χ3n) is 7.01. The number of aromatic nitrogens is 2. The Kier molecular flexibility index (Phi) is 7.92. The van der Waals surface area contributed by atoms with E-state index in [1.54, 1.807) is 13.0 Å². The number of aryl methyl sites for hydroxylation is 1. The predicted octanol–water partition coefficient (Wildman–Crippen LogP) is 3.69. The normalized spacial score (nSPS) is 27.9. The minimum Gasteiger partial charge on any atom is -0.394 e. The van der Waals surface area contributed by atoms with Crippen LogP contribution in [0.15, 0.2) is 23.4 Å². The molecule has 0 spiro atoms. The molecule has 6 unspecified atom stereocenters. The molecule has 1 aromatic heterocycles. The maximum Gasteiger partial charge on any atom is 0.189 e. The quantitative estimate of drug-likeness (QED) is 0.284. The van der Waals surface area contributed by atoms with Crippen LogP contribution < -0.4 is 11.1 Å². The van der Waals surface area contributed by atoms with Gasteiger partial charge < -0.3 is 21.3 Å². The Balaban J connectivity index is 1.45. The zero-order valence-electron chi connectivity index (χ0n) is 19.9. The SMILES string of the molecule is CCCSc1nc(CCCC2C(=O)C(O)C(O)C2C)c(N)c(NC2CC2c2ccc(F)c(F)c2)n1. The molecular formula is C25H32F2N4O3S. The highest BCUT2D eigenvalue weighted by Crippen LogP contribution is 2.44. The van der Waals surface area contributed by atoms with Gasteiger partial charge in [-0.25, -0.2) is 18.7 Å². The van der Waals surface area contributed by atoms with E-state index in [0.29, 0.717) is 41.6 Å². The van der Waals surface area contributed by atoms with Crippen molar-refractivity contribution in [2.45, 2.75) is 75.3 Å². The molecule has 0 aliphatic heterocycles. The summed E-state index contributed by atoms with van der Waals surface area (Å²) < 4.78 is 26.9. The van der Waals surface area contributed by atoms with Gasteiger partial charge in [-0.1, -0.05) is 31.7 Å². The summed E-state index contributed by atoms with van der Waals surface area (Å²) >= 11 is 1.54. The summed E-state index contributed by atoms with van der Waals surface area (Å²) in [6, 6.07) is 3.98. The molecule has 2 fully saturated rings. The van der Waals surface area contributed by atoms with E-state index in [-0.39, 0.29) is 23.7 Å². The summed E-state index contributed by atoms with van der Waals surface area (Å²) in [4.78, 5) is 21.5. The van der Waals surface area contributed by atoms with Gasteiger partial charge in [0.25, 0.3) is 0 Å². The largest absolute Gasteiger partial charge is 0.394 e. The van der Waals surface area contributed by atoms with Gasteiger partial charge in [-0.3, -0.25) is 4.79 Å². The topological polar surface area (TPSA) is 121 Å². The first kappa shape index (κ1) is 25.8. The van der Waals surface area contributed by atoms with Gasteiger partial charge in [0.15, 0.2) is 28.4 Å². The lowest BCUT2D eigenvalue weighted by atomic mass is 9.91. The lowest BCUT2D eigenvalue weighted by molar-refractivity contribution is -0.129. The second kappa shape index (κ2) is 10.8. The first-order valence-electron chi connectivity index (χ1n) is 12.1. The van der Waals surface area contributed by atoms with Crippen LogP contribution in [-0.2, 0) is 11.2 Å². The first-order valence-corrected chi connectivity index (χ1v) is 13.1. The lowest BCUT2D eigenvalue weighted by Crippen LogP contribution is -2.27. The molecule has 35 heavy (non-hydrogen) atoms. The number of rotatable bonds is 10. The van der Waals surface area contributed by atoms with Crippen molar-refractivity contribution in [2.24, 2.45) is 11.8 Å². The number of nitrogen functional groups attached to an aromatic ring is 1. The van der Waals surface area contributed by atoms with Crippen molar-refractivity contribution in [1.29, 1.82) is 0 Å². The van der Waals surface area contributed by atoms with Gasteiger partial charge in [0.2, 0.25) is 0 Å². The molecule has 2 aliphatic rings. The minimum absolute atomic E-state index is 0.00821. The van der Waals surface area contributed by atoms with Crippen molar-refractivity contribution in [1.82, 2.24) is 9.97 Å². The van der Waals surface area contributed by atoms with Crippen LogP contribution in [0.4, 0.5) is 20.3 Å². The molecule has 0 radical (unpaired) electrons. The fourth-order valence-electron chi connectivity index (χ4n) is 4.76. The Morgan fingerprint density at radius 1 is 1.23 bits per heavy atom. The van der Waals surface area contributed by atoms with Crippen molar-refractivity contribution in [2.75, 3.05) is 16.8 Å². The third-order valence-corrected chi connectivity index (χ3v) is 8.06. The lowest BCUT2D eigenvalue weighted by Gasteiger charge is -2.16. The van der Waals surface area contributed by atoms with E-state index >= 15 is 0 Å². The van der Waals surface area contributed by atoms with Crippen LogP contribution in [0, 0.1) is 23.5 Å². The zero-order chi connectivity index (χ0) is 25.3. The number of aliphatic hydroxyl groups excluding tert-OH is 2. The highest BCUT2D eigenvalue weighted by molar-refractivity contribution is 7.99. The Hall–Kier alpha value is -2.30. The molecular weight excluding hydrogens is 474 g/mol. The van der Waals surface area contributed by atoms with Gasteiger partial charge in [0, 0.05) is 23.6 Å². The number of nitrogens with two attached hydrogens (primary N) is 1. The van der Waals surface area contributed by atoms with Gasteiger partial charge in [-0.05, 0) is 55.7 Å². The van der Waals surface area contributed by atoms with Crippen LogP contribution in [0.1, 0.15) is 56.7 Å². The van der Waals surface area contributed by atoms with Gasteiger partial charge in [-0.15, -0.1) is 0 Å². The number of hydrogen-bond acceptors (Lipinski definition) is 8. The fraction of sp³-hybridized carbons (Fsp3) is 0.560. The molecule has 1 heterocycles. The Bertz CT molecular complexity index is 1090. The molecule has 190 valence electrons. The molecule has 1 aromatic carbocycles. The number of Topliss-reactive ketones (excluding diaryl/α,β-unsaturated/α-hetero) is 1. The number of nitrogens with one attached hydrogen (secondary N) is 1. The van der Waals surface area contributed by atoms with Crippen LogP contribution in [0.2, 0.25) is 0 Å². The van der Waals surface area contributed by atoms with Crippen LogP contribution >= 0.6 is 11.8 Å². The number of anilines is 2.